The predicted octanol–water partition coefficient (Wildman–Crippen LogP) is 4.23. The zero-order valence-electron chi connectivity index (χ0n) is 21.1. The number of likely N-dealkylation sites (tertiary alicyclic amines) is 1. The Morgan fingerprint density at radius 2 is 1.37 bits per heavy atom. The second-order valence-electron chi connectivity index (χ2n) is 9.02. The van der Waals surface area contributed by atoms with Gasteiger partial charge in [-0.05, 0) is 29.3 Å². The molecule has 1 saturated heterocycles. The number of nitrogens with zero attached hydrogens (tertiary/aromatic N) is 4. The lowest BCUT2D eigenvalue weighted by Gasteiger charge is -2.38. The minimum atomic E-state index is -5.08. The summed E-state index contributed by atoms with van der Waals surface area (Å²) in [6.07, 6.45) is -4.38. The molecule has 1 amide bonds. The van der Waals surface area contributed by atoms with Crippen LogP contribution in [0.3, 0.4) is 0 Å². The number of carbonyl (C=O) groups excluding carboxylic acids is 1. The molecule has 2 unspecified atom stereocenters. The number of carboxylic acids is 2. The van der Waals surface area contributed by atoms with Gasteiger partial charge < -0.3 is 19.7 Å². The van der Waals surface area contributed by atoms with Gasteiger partial charge in [0.25, 0.3) is 5.91 Å². The Morgan fingerprint density at radius 3 is 1.90 bits per heavy atom. The standard InChI is InChI=1S/C22H22N4O.2C2HF3O2/c27-22-19-9-5-11-25(19)20-15-24(13-18-8-4-10-23-12-18)16-21(20)26(22)14-17-6-2-1-3-7-17;2*3-2(4,5)1(6)7/h1-12,20-21H,13-16H2;2*(H,6,7). The summed E-state index contributed by atoms with van der Waals surface area (Å²) < 4.78 is 65.7. The van der Waals surface area contributed by atoms with Crippen LogP contribution in [0.5, 0.6) is 0 Å². The largest absolute Gasteiger partial charge is 0.490 e. The summed E-state index contributed by atoms with van der Waals surface area (Å²) >= 11 is 0. The molecule has 2 aliphatic heterocycles. The average molecular weight is 586 g/mol. The van der Waals surface area contributed by atoms with Crippen LogP contribution >= 0.6 is 0 Å². The van der Waals surface area contributed by atoms with Crippen molar-refractivity contribution >= 4 is 17.8 Å². The van der Waals surface area contributed by atoms with E-state index in [9.17, 15) is 31.1 Å². The molecule has 5 rings (SSSR count). The Balaban J connectivity index is 0.000000276. The van der Waals surface area contributed by atoms with Crippen LogP contribution in [-0.2, 0) is 22.7 Å². The first-order chi connectivity index (χ1) is 19.2. The van der Waals surface area contributed by atoms with Crippen molar-refractivity contribution < 1.29 is 50.9 Å². The first-order valence-electron chi connectivity index (χ1n) is 11.9. The highest BCUT2D eigenvalue weighted by atomic mass is 19.4. The molecule has 0 saturated carbocycles. The second kappa shape index (κ2) is 12.8. The van der Waals surface area contributed by atoms with Crippen LogP contribution in [0, 0.1) is 0 Å². The average Bonchev–Trinajstić information content (AvgIpc) is 3.55. The molecule has 41 heavy (non-hydrogen) atoms. The molecule has 220 valence electrons. The first-order valence-corrected chi connectivity index (χ1v) is 11.9. The number of benzene rings is 1. The van der Waals surface area contributed by atoms with Gasteiger partial charge in [0.05, 0.1) is 12.1 Å². The number of aliphatic carboxylic acids is 2. The number of amides is 1. The van der Waals surface area contributed by atoms with Crippen molar-refractivity contribution in [2.24, 2.45) is 0 Å². The molecule has 2 N–H and O–H groups in total. The van der Waals surface area contributed by atoms with Crippen LogP contribution in [0.15, 0.2) is 73.2 Å². The molecule has 0 radical (unpaired) electrons. The molecule has 15 heteroatoms. The maximum atomic E-state index is 13.2. The van der Waals surface area contributed by atoms with E-state index in [4.69, 9.17) is 19.8 Å². The second-order valence-corrected chi connectivity index (χ2v) is 9.02. The Kier molecular flexibility index (Phi) is 9.75. The van der Waals surface area contributed by atoms with Crippen molar-refractivity contribution in [2.45, 2.75) is 37.5 Å². The maximum absolute atomic E-state index is 13.2. The lowest BCUT2D eigenvalue weighted by molar-refractivity contribution is -0.193. The highest BCUT2D eigenvalue weighted by Crippen LogP contribution is 2.35. The van der Waals surface area contributed by atoms with Gasteiger partial charge in [0.1, 0.15) is 5.69 Å². The molecule has 0 aliphatic carbocycles. The summed E-state index contributed by atoms with van der Waals surface area (Å²) in [7, 11) is 0. The van der Waals surface area contributed by atoms with Gasteiger partial charge in [0.15, 0.2) is 0 Å². The van der Waals surface area contributed by atoms with E-state index >= 15 is 0 Å². The van der Waals surface area contributed by atoms with E-state index in [1.165, 1.54) is 11.1 Å². The molecule has 4 heterocycles. The van der Waals surface area contributed by atoms with E-state index in [0.717, 1.165) is 25.3 Å². The molecule has 3 aromatic rings. The van der Waals surface area contributed by atoms with Gasteiger partial charge in [-0.15, -0.1) is 0 Å². The third-order valence-corrected chi connectivity index (χ3v) is 6.16. The van der Waals surface area contributed by atoms with E-state index in [2.05, 4.69) is 43.7 Å². The zero-order valence-corrected chi connectivity index (χ0v) is 21.1. The number of hydrogen-bond acceptors (Lipinski definition) is 5. The van der Waals surface area contributed by atoms with Crippen LogP contribution in [0.4, 0.5) is 26.3 Å². The van der Waals surface area contributed by atoms with E-state index in [-0.39, 0.29) is 11.9 Å². The molecular weight excluding hydrogens is 562 g/mol. The maximum Gasteiger partial charge on any atom is 0.490 e. The molecule has 1 aromatic carbocycles. The Morgan fingerprint density at radius 1 is 0.805 bits per heavy atom. The molecule has 2 aromatic heterocycles. The van der Waals surface area contributed by atoms with Crippen LogP contribution in [0.25, 0.3) is 0 Å². The quantitative estimate of drug-likeness (QED) is 0.440. The molecule has 0 spiro atoms. The van der Waals surface area contributed by atoms with E-state index in [1.807, 2.05) is 42.6 Å². The summed E-state index contributed by atoms with van der Waals surface area (Å²) in [6, 6.07) is 18.8. The minimum absolute atomic E-state index is 0.133. The van der Waals surface area contributed by atoms with E-state index in [0.29, 0.717) is 12.6 Å². The number of pyridine rings is 1. The number of aromatic nitrogens is 2. The predicted molar refractivity (Wildman–Crippen MR) is 130 cm³/mol. The van der Waals surface area contributed by atoms with Crippen molar-refractivity contribution in [1.29, 1.82) is 0 Å². The summed E-state index contributed by atoms with van der Waals surface area (Å²) in [5, 5.41) is 14.2. The minimum Gasteiger partial charge on any atom is -0.475 e. The lowest BCUT2D eigenvalue weighted by atomic mass is 10.0. The summed E-state index contributed by atoms with van der Waals surface area (Å²) in [5.41, 5.74) is 3.19. The Hall–Kier alpha value is -4.40. The van der Waals surface area contributed by atoms with Crippen molar-refractivity contribution in [3.8, 4) is 0 Å². The van der Waals surface area contributed by atoms with Gasteiger partial charge in [0, 0.05) is 44.8 Å². The lowest BCUT2D eigenvalue weighted by Crippen LogP contribution is -2.49. The normalized spacial score (nSPS) is 18.3. The summed E-state index contributed by atoms with van der Waals surface area (Å²) in [6.45, 7) is 3.35. The first kappa shape index (κ1) is 31.1. The van der Waals surface area contributed by atoms with Crippen molar-refractivity contribution in [3.63, 3.8) is 0 Å². The molecule has 1 fully saturated rings. The van der Waals surface area contributed by atoms with Crippen molar-refractivity contribution in [2.75, 3.05) is 13.1 Å². The number of halogens is 6. The smallest absolute Gasteiger partial charge is 0.475 e. The molecule has 2 atom stereocenters. The van der Waals surface area contributed by atoms with Crippen LogP contribution in [-0.4, -0.2) is 78.9 Å². The third kappa shape index (κ3) is 8.30. The third-order valence-electron chi connectivity index (χ3n) is 6.16. The van der Waals surface area contributed by atoms with Gasteiger partial charge in [-0.3, -0.25) is 14.7 Å². The summed E-state index contributed by atoms with van der Waals surface area (Å²) in [5.74, 6) is -5.38. The topological polar surface area (TPSA) is 116 Å². The van der Waals surface area contributed by atoms with Crippen LogP contribution in [0.2, 0.25) is 0 Å². The molecule has 9 nitrogen and oxygen atoms in total. The monoisotopic (exact) mass is 586 g/mol. The number of carboxylic acid groups (broad SMARTS) is 2. The van der Waals surface area contributed by atoms with Gasteiger partial charge in [-0.25, -0.2) is 9.59 Å². The molecule has 0 bridgehead atoms. The van der Waals surface area contributed by atoms with Gasteiger partial charge in [0.2, 0.25) is 0 Å². The van der Waals surface area contributed by atoms with E-state index in [1.54, 1.807) is 6.20 Å². The van der Waals surface area contributed by atoms with Crippen LogP contribution < -0.4 is 0 Å². The number of alkyl halides is 6. The van der Waals surface area contributed by atoms with Gasteiger partial charge >= 0.3 is 24.3 Å². The van der Waals surface area contributed by atoms with E-state index < -0.39 is 24.3 Å². The van der Waals surface area contributed by atoms with Crippen LogP contribution in [0.1, 0.15) is 27.7 Å². The SMILES string of the molecule is O=C(O)C(F)(F)F.O=C(O)C(F)(F)F.O=C1c2cccn2C2CN(Cc3cccnc3)CC2N1Cc1ccccc1. The molecular formula is C26H24F6N4O5. The number of hydrogen-bond donors (Lipinski definition) is 2. The Labute approximate surface area is 229 Å². The van der Waals surface area contributed by atoms with Gasteiger partial charge in [-0.2, -0.15) is 26.3 Å². The fourth-order valence-electron chi connectivity index (χ4n) is 4.44. The fraction of sp³-hybridized carbons (Fsp3) is 0.308. The van der Waals surface area contributed by atoms with Crippen molar-refractivity contribution in [1.82, 2.24) is 19.4 Å². The zero-order chi connectivity index (χ0) is 30.4. The number of rotatable bonds is 4. The highest BCUT2D eigenvalue weighted by Gasteiger charge is 2.45. The fourth-order valence-corrected chi connectivity index (χ4v) is 4.44. The van der Waals surface area contributed by atoms with Crippen molar-refractivity contribution in [3.05, 3.63) is 90.0 Å². The molecule has 2 aliphatic rings. The Bertz CT molecular complexity index is 1310. The van der Waals surface area contributed by atoms with Gasteiger partial charge in [-0.1, -0.05) is 36.4 Å². The summed E-state index contributed by atoms with van der Waals surface area (Å²) in [4.78, 5) is 39.7. The number of carbonyl (C=O) groups is 3. The number of fused-ring (bicyclic) bond motifs is 3. The highest BCUT2D eigenvalue weighted by molar-refractivity contribution is 5.94.